The number of carbonyl (C=O) groups is 1. The molecule has 0 heterocycles. The van der Waals surface area contributed by atoms with E-state index in [1.54, 1.807) is 6.07 Å². The van der Waals surface area contributed by atoms with E-state index in [9.17, 15) is 9.18 Å². The fraction of sp³-hybridized carbons (Fsp3) is 0.0714. The summed E-state index contributed by atoms with van der Waals surface area (Å²) in [4.78, 5) is 12.1. The SMILES string of the molecule is O=C(c1ccc(F)cc1)c1cccc(CBr)c1. The van der Waals surface area contributed by atoms with Crippen LogP contribution in [0.25, 0.3) is 0 Å². The van der Waals surface area contributed by atoms with Crippen LogP contribution in [0.4, 0.5) is 4.39 Å². The van der Waals surface area contributed by atoms with Crippen LogP contribution in [0.15, 0.2) is 48.5 Å². The largest absolute Gasteiger partial charge is 0.289 e. The van der Waals surface area contributed by atoms with Crippen LogP contribution in [0.2, 0.25) is 0 Å². The molecule has 0 N–H and O–H groups in total. The van der Waals surface area contributed by atoms with E-state index >= 15 is 0 Å². The molecule has 2 aromatic rings. The summed E-state index contributed by atoms with van der Waals surface area (Å²) in [6, 6.07) is 13.0. The molecule has 3 heteroatoms. The lowest BCUT2D eigenvalue weighted by Crippen LogP contribution is -2.01. The second kappa shape index (κ2) is 5.23. The molecule has 0 saturated heterocycles. The maximum atomic E-state index is 12.8. The van der Waals surface area contributed by atoms with Crippen molar-refractivity contribution in [2.24, 2.45) is 0 Å². The Balaban J connectivity index is 2.33. The highest BCUT2D eigenvalue weighted by molar-refractivity contribution is 9.08. The van der Waals surface area contributed by atoms with Crippen LogP contribution in [0.3, 0.4) is 0 Å². The predicted octanol–water partition coefficient (Wildman–Crippen LogP) is 3.95. The molecule has 0 aliphatic heterocycles. The predicted molar refractivity (Wildman–Crippen MR) is 68.9 cm³/mol. The lowest BCUT2D eigenvalue weighted by molar-refractivity contribution is 0.103. The van der Waals surface area contributed by atoms with Gasteiger partial charge in [0.1, 0.15) is 5.82 Å². The van der Waals surface area contributed by atoms with E-state index in [4.69, 9.17) is 0 Å². The van der Waals surface area contributed by atoms with Crippen LogP contribution in [-0.4, -0.2) is 5.78 Å². The highest BCUT2D eigenvalue weighted by Gasteiger charge is 2.09. The highest BCUT2D eigenvalue weighted by Crippen LogP contribution is 2.14. The molecule has 0 unspecified atom stereocenters. The maximum absolute atomic E-state index is 12.8. The number of ketones is 1. The molecule has 0 radical (unpaired) electrons. The standard InChI is InChI=1S/C14H10BrFO/c15-9-10-2-1-3-12(8-10)14(17)11-4-6-13(16)7-5-11/h1-8H,9H2. The van der Waals surface area contributed by atoms with Gasteiger partial charge in [0.15, 0.2) is 5.78 Å². The quantitative estimate of drug-likeness (QED) is 0.618. The molecule has 0 atom stereocenters. The van der Waals surface area contributed by atoms with Crippen LogP contribution in [0.5, 0.6) is 0 Å². The van der Waals surface area contributed by atoms with Crippen LogP contribution < -0.4 is 0 Å². The van der Waals surface area contributed by atoms with Crippen molar-refractivity contribution in [3.05, 3.63) is 71.0 Å². The third-order valence-corrected chi connectivity index (χ3v) is 3.10. The average molecular weight is 293 g/mol. The molecule has 0 aromatic heterocycles. The molecule has 1 nitrogen and oxygen atoms in total. The summed E-state index contributed by atoms with van der Waals surface area (Å²) in [5.41, 5.74) is 2.16. The second-order valence-corrected chi connectivity index (χ2v) is 4.23. The van der Waals surface area contributed by atoms with E-state index in [-0.39, 0.29) is 11.6 Å². The van der Waals surface area contributed by atoms with E-state index < -0.39 is 0 Å². The second-order valence-electron chi connectivity index (χ2n) is 3.67. The first-order valence-corrected chi connectivity index (χ1v) is 6.28. The minimum atomic E-state index is -0.337. The molecule has 0 amide bonds. The van der Waals surface area contributed by atoms with Crippen molar-refractivity contribution in [2.75, 3.05) is 0 Å². The summed E-state index contributed by atoms with van der Waals surface area (Å²) < 4.78 is 12.8. The molecule has 17 heavy (non-hydrogen) atoms. The number of benzene rings is 2. The Bertz CT molecular complexity index is 534. The van der Waals surface area contributed by atoms with Crippen LogP contribution >= 0.6 is 15.9 Å². The van der Waals surface area contributed by atoms with Gasteiger partial charge in [0.05, 0.1) is 0 Å². The number of rotatable bonds is 3. The lowest BCUT2D eigenvalue weighted by atomic mass is 10.0. The van der Waals surface area contributed by atoms with E-state index in [1.165, 1.54) is 24.3 Å². The van der Waals surface area contributed by atoms with Gasteiger partial charge in [0.2, 0.25) is 0 Å². The summed E-state index contributed by atoms with van der Waals surface area (Å²) in [6.45, 7) is 0. The van der Waals surface area contributed by atoms with Gasteiger partial charge in [0, 0.05) is 16.5 Å². The Morgan fingerprint density at radius 3 is 2.41 bits per heavy atom. The van der Waals surface area contributed by atoms with Crippen LogP contribution in [0.1, 0.15) is 21.5 Å². The number of hydrogen-bond donors (Lipinski definition) is 0. The van der Waals surface area contributed by atoms with Gasteiger partial charge >= 0.3 is 0 Å². The molecule has 0 saturated carbocycles. The zero-order valence-electron chi connectivity index (χ0n) is 8.99. The van der Waals surface area contributed by atoms with Gasteiger partial charge in [-0.3, -0.25) is 4.79 Å². The first-order valence-electron chi connectivity index (χ1n) is 5.16. The van der Waals surface area contributed by atoms with Gasteiger partial charge in [-0.2, -0.15) is 0 Å². The smallest absolute Gasteiger partial charge is 0.193 e. The number of carbonyl (C=O) groups excluding carboxylic acids is 1. The molecular weight excluding hydrogens is 283 g/mol. The summed E-state index contributed by atoms with van der Waals surface area (Å²) >= 11 is 3.35. The molecule has 86 valence electrons. The van der Waals surface area contributed by atoms with Crippen molar-refractivity contribution in [3.8, 4) is 0 Å². The third kappa shape index (κ3) is 2.80. The zero-order valence-corrected chi connectivity index (χ0v) is 10.6. The highest BCUT2D eigenvalue weighted by atomic mass is 79.9. The van der Waals surface area contributed by atoms with E-state index in [1.807, 2.05) is 18.2 Å². The van der Waals surface area contributed by atoms with Gasteiger partial charge in [0.25, 0.3) is 0 Å². The monoisotopic (exact) mass is 292 g/mol. The summed E-state index contributed by atoms with van der Waals surface area (Å²) in [5, 5.41) is 0.706. The van der Waals surface area contributed by atoms with Crippen LogP contribution in [-0.2, 0) is 5.33 Å². The molecule has 2 rings (SSSR count). The van der Waals surface area contributed by atoms with Crippen molar-refractivity contribution in [2.45, 2.75) is 5.33 Å². The number of halogens is 2. The Morgan fingerprint density at radius 1 is 1.06 bits per heavy atom. The minimum absolute atomic E-state index is 0.0900. The van der Waals surface area contributed by atoms with Crippen molar-refractivity contribution >= 4 is 21.7 Å². The molecular formula is C14H10BrFO. The van der Waals surface area contributed by atoms with Gasteiger partial charge in [-0.05, 0) is 35.9 Å². The first kappa shape index (κ1) is 12.0. The van der Waals surface area contributed by atoms with Gasteiger partial charge in [-0.15, -0.1) is 0 Å². The average Bonchev–Trinajstić information content (AvgIpc) is 2.39. The Kier molecular flexibility index (Phi) is 3.69. The zero-order chi connectivity index (χ0) is 12.3. The molecule has 2 aromatic carbocycles. The third-order valence-electron chi connectivity index (χ3n) is 2.45. The van der Waals surface area contributed by atoms with Crippen LogP contribution in [0, 0.1) is 5.82 Å². The Hall–Kier alpha value is -1.48. The maximum Gasteiger partial charge on any atom is 0.193 e. The molecule has 0 bridgehead atoms. The number of hydrogen-bond acceptors (Lipinski definition) is 1. The summed E-state index contributed by atoms with van der Waals surface area (Å²) in [7, 11) is 0. The fourth-order valence-corrected chi connectivity index (χ4v) is 1.91. The van der Waals surface area contributed by atoms with Gasteiger partial charge in [-0.25, -0.2) is 4.39 Å². The fourth-order valence-electron chi connectivity index (χ4n) is 1.56. The first-order chi connectivity index (χ1) is 8.20. The van der Waals surface area contributed by atoms with E-state index in [0.29, 0.717) is 16.5 Å². The Morgan fingerprint density at radius 2 is 1.76 bits per heavy atom. The van der Waals surface area contributed by atoms with E-state index in [0.717, 1.165) is 5.56 Å². The summed E-state index contributed by atoms with van der Waals surface area (Å²) in [5.74, 6) is -0.427. The molecule has 0 aliphatic rings. The van der Waals surface area contributed by atoms with Crippen molar-refractivity contribution in [1.29, 1.82) is 0 Å². The Labute approximate surface area is 107 Å². The summed E-state index contributed by atoms with van der Waals surface area (Å²) in [6.07, 6.45) is 0. The molecule has 0 fully saturated rings. The topological polar surface area (TPSA) is 17.1 Å². The van der Waals surface area contributed by atoms with Crippen molar-refractivity contribution in [1.82, 2.24) is 0 Å². The van der Waals surface area contributed by atoms with Gasteiger partial charge < -0.3 is 0 Å². The van der Waals surface area contributed by atoms with Crippen molar-refractivity contribution < 1.29 is 9.18 Å². The minimum Gasteiger partial charge on any atom is -0.289 e. The molecule has 0 aliphatic carbocycles. The normalized spacial score (nSPS) is 10.2. The van der Waals surface area contributed by atoms with Crippen molar-refractivity contribution in [3.63, 3.8) is 0 Å². The van der Waals surface area contributed by atoms with Gasteiger partial charge in [-0.1, -0.05) is 34.1 Å². The molecule has 0 spiro atoms. The lowest BCUT2D eigenvalue weighted by Gasteiger charge is -2.03. The number of alkyl halides is 1. The van der Waals surface area contributed by atoms with E-state index in [2.05, 4.69) is 15.9 Å².